The van der Waals surface area contributed by atoms with Gasteiger partial charge in [-0.1, -0.05) is 13.8 Å². The second-order valence-corrected chi connectivity index (χ2v) is 5.21. The fraction of sp³-hybridized carbons (Fsp3) is 0.700. The summed E-state index contributed by atoms with van der Waals surface area (Å²) < 4.78 is 29.4. The molecule has 0 aliphatic heterocycles. The van der Waals surface area contributed by atoms with Gasteiger partial charge in [0.15, 0.2) is 5.03 Å². The van der Waals surface area contributed by atoms with Crippen LogP contribution in [0.3, 0.4) is 0 Å². The lowest BCUT2D eigenvalue weighted by molar-refractivity contribution is 0.126. The topological polar surface area (TPSA) is 87.2 Å². The number of nitrogens with zero attached hydrogens (tertiary/aromatic N) is 2. The molecular formula is C10H19N3O3S. The first-order chi connectivity index (χ1) is 7.99. The van der Waals surface area contributed by atoms with E-state index in [-0.39, 0.29) is 5.03 Å². The van der Waals surface area contributed by atoms with Gasteiger partial charge in [0.05, 0.1) is 6.61 Å². The second kappa shape index (κ2) is 6.13. The first kappa shape index (κ1) is 14.1. The van der Waals surface area contributed by atoms with Crippen LogP contribution >= 0.6 is 0 Å². The molecule has 0 radical (unpaired) electrons. The largest absolute Gasteiger partial charge is 0.380 e. The first-order valence-electron chi connectivity index (χ1n) is 5.65. The van der Waals surface area contributed by atoms with Gasteiger partial charge in [-0.05, 0) is 6.42 Å². The molecule has 7 heteroatoms. The van der Waals surface area contributed by atoms with Crippen molar-refractivity contribution >= 4 is 10.0 Å². The minimum Gasteiger partial charge on any atom is -0.380 e. The summed E-state index contributed by atoms with van der Waals surface area (Å²) in [5.41, 5.74) is 0. The van der Waals surface area contributed by atoms with Crippen LogP contribution in [0.1, 0.15) is 26.1 Å². The van der Waals surface area contributed by atoms with Gasteiger partial charge in [0, 0.05) is 25.8 Å². The monoisotopic (exact) mass is 261 g/mol. The molecule has 0 aliphatic rings. The molecule has 0 atom stereocenters. The quantitative estimate of drug-likeness (QED) is 0.725. The van der Waals surface area contributed by atoms with Crippen LogP contribution in [0, 0.1) is 0 Å². The molecule has 98 valence electrons. The van der Waals surface area contributed by atoms with Gasteiger partial charge in [0.2, 0.25) is 0 Å². The van der Waals surface area contributed by atoms with Crippen molar-refractivity contribution < 1.29 is 13.2 Å². The molecule has 0 fully saturated rings. The molecule has 2 N–H and O–H groups in total. The molecule has 0 saturated heterocycles. The third-order valence-electron chi connectivity index (χ3n) is 2.27. The van der Waals surface area contributed by atoms with Crippen molar-refractivity contribution in [1.29, 1.82) is 0 Å². The van der Waals surface area contributed by atoms with Gasteiger partial charge in [-0.25, -0.2) is 18.5 Å². The van der Waals surface area contributed by atoms with E-state index in [1.165, 1.54) is 6.20 Å². The van der Waals surface area contributed by atoms with Crippen molar-refractivity contribution in [3.8, 4) is 0 Å². The molecule has 0 saturated carbocycles. The molecule has 0 amide bonds. The molecule has 0 aromatic carbocycles. The van der Waals surface area contributed by atoms with E-state index in [1.54, 1.807) is 4.57 Å². The zero-order valence-corrected chi connectivity index (χ0v) is 11.0. The third-order valence-corrected chi connectivity index (χ3v) is 3.05. The van der Waals surface area contributed by atoms with Gasteiger partial charge in [-0.2, -0.15) is 0 Å². The van der Waals surface area contributed by atoms with Gasteiger partial charge in [0.25, 0.3) is 10.0 Å². The molecule has 0 aliphatic carbocycles. The molecule has 6 nitrogen and oxygen atoms in total. The fourth-order valence-corrected chi connectivity index (χ4v) is 1.96. The Bertz CT molecular complexity index is 453. The number of imidazole rings is 1. The Hall–Kier alpha value is -0.920. The summed E-state index contributed by atoms with van der Waals surface area (Å²) in [5.74, 6) is 0.703. The summed E-state index contributed by atoms with van der Waals surface area (Å²) in [6, 6.07) is 0. The van der Waals surface area contributed by atoms with Crippen LogP contribution in [-0.2, 0) is 27.7 Å². The maximum atomic E-state index is 11.2. The molecule has 1 heterocycles. The number of hydrogen-bond donors (Lipinski definition) is 1. The Morgan fingerprint density at radius 1 is 1.41 bits per heavy atom. The predicted octanol–water partition coefficient (Wildman–Crippen LogP) is 0.520. The maximum absolute atomic E-state index is 11.2. The van der Waals surface area contributed by atoms with Gasteiger partial charge >= 0.3 is 0 Å². The summed E-state index contributed by atoms with van der Waals surface area (Å²) in [4.78, 5) is 3.99. The smallest absolute Gasteiger partial charge is 0.257 e. The number of sulfonamides is 1. The highest BCUT2D eigenvalue weighted by Gasteiger charge is 2.15. The lowest BCUT2D eigenvalue weighted by Gasteiger charge is -2.06. The summed E-state index contributed by atoms with van der Waals surface area (Å²) in [6.45, 7) is 5.79. The number of nitrogens with two attached hydrogens (primary N) is 1. The van der Waals surface area contributed by atoms with Crippen molar-refractivity contribution in [2.24, 2.45) is 5.14 Å². The van der Waals surface area contributed by atoms with Crippen LogP contribution < -0.4 is 5.14 Å². The highest BCUT2D eigenvalue weighted by molar-refractivity contribution is 7.89. The van der Waals surface area contributed by atoms with E-state index < -0.39 is 10.0 Å². The molecule has 1 aromatic heterocycles. The van der Waals surface area contributed by atoms with Gasteiger partial charge in [0.1, 0.15) is 5.82 Å². The summed E-state index contributed by atoms with van der Waals surface area (Å²) in [7, 11) is -3.72. The van der Waals surface area contributed by atoms with Crippen LogP contribution in [-0.4, -0.2) is 31.2 Å². The number of rotatable bonds is 7. The Morgan fingerprint density at radius 3 is 2.65 bits per heavy atom. The predicted molar refractivity (Wildman–Crippen MR) is 64.1 cm³/mol. The van der Waals surface area contributed by atoms with Crippen LogP contribution in [0.25, 0.3) is 0 Å². The van der Waals surface area contributed by atoms with Crippen molar-refractivity contribution in [3.05, 3.63) is 12.0 Å². The summed E-state index contributed by atoms with van der Waals surface area (Å²) in [6.07, 6.45) is 3.08. The standard InChI is InChI=1S/C10H19N3O3S/c1-3-6-16-7-5-13-8-10(17(11,14)15)12-9(13)4-2/h8H,3-7H2,1-2H3,(H2,11,14,15). The SMILES string of the molecule is CCCOCCn1cc(S(N)(=O)=O)nc1CC. The number of primary sulfonamides is 1. The van der Waals surface area contributed by atoms with Crippen molar-refractivity contribution in [2.45, 2.75) is 38.3 Å². The van der Waals surface area contributed by atoms with Gasteiger partial charge in [-0.15, -0.1) is 0 Å². The fourth-order valence-electron chi connectivity index (χ4n) is 1.45. The van der Waals surface area contributed by atoms with Crippen molar-refractivity contribution in [3.63, 3.8) is 0 Å². The number of aromatic nitrogens is 2. The zero-order valence-electron chi connectivity index (χ0n) is 10.2. The summed E-state index contributed by atoms with van der Waals surface area (Å²) >= 11 is 0. The first-order valence-corrected chi connectivity index (χ1v) is 7.20. The molecule has 17 heavy (non-hydrogen) atoms. The number of ether oxygens (including phenoxy) is 1. The molecular weight excluding hydrogens is 242 g/mol. The Morgan fingerprint density at radius 2 is 2.12 bits per heavy atom. The van der Waals surface area contributed by atoms with E-state index in [4.69, 9.17) is 9.88 Å². The number of aryl methyl sites for hydroxylation is 1. The van der Waals surface area contributed by atoms with Crippen molar-refractivity contribution in [1.82, 2.24) is 9.55 Å². The Kier molecular flexibility index (Phi) is 5.10. The van der Waals surface area contributed by atoms with E-state index in [2.05, 4.69) is 4.98 Å². The van der Waals surface area contributed by atoms with Crippen LogP contribution in [0.15, 0.2) is 11.2 Å². The lowest BCUT2D eigenvalue weighted by atomic mass is 10.4. The number of hydrogen-bond acceptors (Lipinski definition) is 4. The molecule has 0 spiro atoms. The Balaban J connectivity index is 2.74. The van der Waals surface area contributed by atoms with Crippen LogP contribution in [0.2, 0.25) is 0 Å². The summed E-state index contributed by atoms with van der Waals surface area (Å²) in [5, 5.41) is 4.96. The highest BCUT2D eigenvalue weighted by Crippen LogP contribution is 2.08. The van der Waals surface area contributed by atoms with E-state index in [0.717, 1.165) is 6.42 Å². The average molecular weight is 261 g/mol. The van der Waals surface area contributed by atoms with Gasteiger partial charge in [-0.3, -0.25) is 0 Å². The second-order valence-electron chi connectivity index (χ2n) is 3.70. The highest BCUT2D eigenvalue weighted by atomic mass is 32.2. The van der Waals surface area contributed by atoms with E-state index >= 15 is 0 Å². The van der Waals surface area contributed by atoms with Crippen LogP contribution in [0.4, 0.5) is 0 Å². The minimum atomic E-state index is -3.72. The molecule has 0 unspecified atom stereocenters. The third kappa shape index (κ3) is 4.10. The minimum absolute atomic E-state index is 0.0789. The van der Waals surface area contributed by atoms with Crippen LogP contribution in [0.5, 0.6) is 0 Å². The zero-order chi connectivity index (χ0) is 12.9. The maximum Gasteiger partial charge on any atom is 0.257 e. The average Bonchev–Trinajstić information content (AvgIpc) is 2.67. The van der Waals surface area contributed by atoms with E-state index in [9.17, 15) is 8.42 Å². The molecule has 1 aromatic rings. The normalized spacial score (nSPS) is 11.9. The van der Waals surface area contributed by atoms with E-state index in [1.807, 2.05) is 13.8 Å². The molecule has 0 bridgehead atoms. The van der Waals surface area contributed by atoms with Crippen molar-refractivity contribution in [2.75, 3.05) is 13.2 Å². The molecule has 1 rings (SSSR count). The lowest BCUT2D eigenvalue weighted by Crippen LogP contribution is -2.12. The Labute approximate surface area is 102 Å². The van der Waals surface area contributed by atoms with E-state index in [0.29, 0.717) is 32.0 Å². The van der Waals surface area contributed by atoms with Gasteiger partial charge < -0.3 is 9.30 Å².